The average molecular weight is 295 g/mol. The molecule has 0 saturated heterocycles. The third-order valence-electron chi connectivity index (χ3n) is 3.45. The number of aryl methyl sites for hydroxylation is 2. The summed E-state index contributed by atoms with van der Waals surface area (Å²) in [5.41, 5.74) is 3.84. The molecule has 1 N–H and O–H groups in total. The smallest absolute Gasteiger partial charge is 0.187 e. The lowest BCUT2D eigenvalue weighted by Crippen LogP contribution is -1.99. The van der Waals surface area contributed by atoms with Gasteiger partial charge in [-0.15, -0.1) is 0 Å². The molecule has 0 amide bonds. The lowest BCUT2D eigenvalue weighted by atomic mass is 10.0. The van der Waals surface area contributed by atoms with Crippen molar-refractivity contribution in [2.45, 2.75) is 20.8 Å². The largest absolute Gasteiger partial charge is 0.492 e. The van der Waals surface area contributed by atoms with E-state index in [2.05, 4.69) is 5.32 Å². The molecule has 2 aromatic carbocycles. The number of carbonyl (C=O) groups is 1. The highest BCUT2D eigenvalue weighted by molar-refractivity contribution is 6.04. The number of ether oxygens (including phenoxy) is 1. The van der Waals surface area contributed by atoms with Crippen LogP contribution in [0.15, 0.2) is 54.7 Å². The second kappa shape index (κ2) is 7.46. The van der Waals surface area contributed by atoms with Crippen LogP contribution >= 0.6 is 0 Å². The molecule has 2 aromatic rings. The van der Waals surface area contributed by atoms with Crippen molar-refractivity contribution >= 4 is 11.5 Å². The normalized spacial score (nSPS) is 10.7. The summed E-state index contributed by atoms with van der Waals surface area (Å²) in [6, 6.07) is 13.4. The van der Waals surface area contributed by atoms with E-state index in [0.29, 0.717) is 12.2 Å². The van der Waals surface area contributed by atoms with Gasteiger partial charge in [0.25, 0.3) is 0 Å². The fraction of sp³-hybridized carbons (Fsp3) is 0.211. The van der Waals surface area contributed by atoms with Crippen LogP contribution in [-0.2, 0) is 0 Å². The molecule has 2 rings (SSSR count). The summed E-state index contributed by atoms with van der Waals surface area (Å²) in [6.45, 7) is 6.58. The Labute approximate surface area is 131 Å². The molecule has 0 radical (unpaired) electrons. The molecule has 0 fully saturated rings. The Kier molecular flexibility index (Phi) is 5.37. The molecule has 114 valence electrons. The molecular weight excluding hydrogens is 274 g/mol. The van der Waals surface area contributed by atoms with E-state index in [4.69, 9.17) is 4.74 Å². The number of ketones is 1. The number of anilines is 1. The standard InChI is InChI=1S/C19H21NO2/c1-4-22-19-8-6-5-7-17(19)20-12-11-18(21)16-10-9-14(2)15(3)13-16/h5-13,20H,4H2,1-3H3. The summed E-state index contributed by atoms with van der Waals surface area (Å²) in [5.74, 6) is 0.748. The van der Waals surface area contributed by atoms with Crippen molar-refractivity contribution < 1.29 is 9.53 Å². The summed E-state index contributed by atoms with van der Waals surface area (Å²) in [7, 11) is 0. The predicted molar refractivity (Wildman–Crippen MR) is 90.6 cm³/mol. The maximum absolute atomic E-state index is 12.2. The molecule has 0 atom stereocenters. The monoisotopic (exact) mass is 295 g/mol. The van der Waals surface area contributed by atoms with E-state index < -0.39 is 0 Å². The maximum atomic E-state index is 12.2. The average Bonchev–Trinajstić information content (AvgIpc) is 2.52. The molecule has 22 heavy (non-hydrogen) atoms. The predicted octanol–water partition coefficient (Wildman–Crippen LogP) is 4.51. The lowest BCUT2D eigenvalue weighted by molar-refractivity contribution is 0.104. The fourth-order valence-corrected chi connectivity index (χ4v) is 2.07. The molecule has 3 heteroatoms. The van der Waals surface area contributed by atoms with Crippen LogP contribution in [-0.4, -0.2) is 12.4 Å². The SMILES string of the molecule is CCOc1ccccc1NC=CC(=O)c1ccc(C)c(C)c1. The van der Waals surface area contributed by atoms with Crippen LogP contribution in [0.2, 0.25) is 0 Å². The first-order chi connectivity index (χ1) is 10.6. The lowest BCUT2D eigenvalue weighted by Gasteiger charge is -2.09. The van der Waals surface area contributed by atoms with E-state index in [1.165, 1.54) is 11.6 Å². The van der Waals surface area contributed by atoms with Crippen molar-refractivity contribution in [3.05, 3.63) is 71.4 Å². The number of rotatable bonds is 6. The number of carbonyl (C=O) groups excluding carboxylic acids is 1. The van der Waals surface area contributed by atoms with Crippen LogP contribution < -0.4 is 10.1 Å². The van der Waals surface area contributed by atoms with Crippen LogP contribution in [0.3, 0.4) is 0 Å². The Morgan fingerprint density at radius 2 is 1.91 bits per heavy atom. The van der Waals surface area contributed by atoms with Gasteiger partial charge in [-0.05, 0) is 50.1 Å². The minimum atomic E-state index is -0.0236. The van der Waals surface area contributed by atoms with E-state index in [-0.39, 0.29) is 5.78 Å². The zero-order valence-corrected chi connectivity index (χ0v) is 13.2. The van der Waals surface area contributed by atoms with Gasteiger partial charge in [0.1, 0.15) is 5.75 Å². The Bertz CT molecular complexity index is 690. The van der Waals surface area contributed by atoms with Gasteiger partial charge in [-0.2, -0.15) is 0 Å². The van der Waals surface area contributed by atoms with Crippen LogP contribution in [0.5, 0.6) is 5.75 Å². The molecule has 0 unspecified atom stereocenters. The van der Waals surface area contributed by atoms with Gasteiger partial charge in [0, 0.05) is 17.8 Å². The Morgan fingerprint density at radius 3 is 2.64 bits per heavy atom. The summed E-state index contributed by atoms with van der Waals surface area (Å²) >= 11 is 0. The fourth-order valence-electron chi connectivity index (χ4n) is 2.07. The zero-order valence-electron chi connectivity index (χ0n) is 13.2. The van der Waals surface area contributed by atoms with E-state index in [1.807, 2.05) is 63.2 Å². The summed E-state index contributed by atoms with van der Waals surface area (Å²) < 4.78 is 5.53. The van der Waals surface area contributed by atoms with Crippen molar-refractivity contribution in [2.75, 3.05) is 11.9 Å². The molecule has 0 spiro atoms. The molecule has 0 saturated carbocycles. The van der Waals surface area contributed by atoms with Gasteiger partial charge in [-0.1, -0.05) is 24.3 Å². The topological polar surface area (TPSA) is 38.3 Å². The van der Waals surface area contributed by atoms with Gasteiger partial charge in [0.15, 0.2) is 5.78 Å². The Hall–Kier alpha value is -2.55. The highest BCUT2D eigenvalue weighted by atomic mass is 16.5. The van der Waals surface area contributed by atoms with Gasteiger partial charge < -0.3 is 10.1 Å². The van der Waals surface area contributed by atoms with E-state index >= 15 is 0 Å². The van der Waals surface area contributed by atoms with Crippen molar-refractivity contribution in [3.63, 3.8) is 0 Å². The number of benzene rings is 2. The second-order valence-electron chi connectivity index (χ2n) is 5.07. The number of nitrogens with one attached hydrogen (secondary N) is 1. The highest BCUT2D eigenvalue weighted by Crippen LogP contribution is 2.23. The molecule has 0 aliphatic carbocycles. The summed E-state index contributed by atoms with van der Waals surface area (Å²) in [4.78, 5) is 12.2. The van der Waals surface area contributed by atoms with E-state index in [0.717, 1.165) is 17.0 Å². The molecule has 0 bridgehead atoms. The van der Waals surface area contributed by atoms with Gasteiger partial charge in [0.2, 0.25) is 0 Å². The number of allylic oxidation sites excluding steroid dienone is 1. The highest BCUT2D eigenvalue weighted by Gasteiger charge is 2.04. The van der Waals surface area contributed by atoms with Crippen molar-refractivity contribution in [2.24, 2.45) is 0 Å². The number of hydrogen-bond acceptors (Lipinski definition) is 3. The Morgan fingerprint density at radius 1 is 1.14 bits per heavy atom. The molecule has 0 heterocycles. The zero-order chi connectivity index (χ0) is 15.9. The van der Waals surface area contributed by atoms with Crippen LogP contribution in [0.1, 0.15) is 28.4 Å². The van der Waals surface area contributed by atoms with Crippen molar-refractivity contribution in [1.82, 2.24) is 0 Å². The molecule has 0 aromatic heterocycles. The van der Waals surface area contributed by atoms with Gasteiger partial charge in [-0.25, -0.2) is 0 Å². The first kappa shape index (κ1) is 15.8. The van der Waals surface area contributed by atoms with Crippen molar-refractivity contribution in [1.29, 1.82) is 0 Å². The van der Waals surface area contributed by atoms with Gasteiger partial charge in [-0.3, -0.25) is 4.79 Å². The van der Waals surface area contributed by atoms with Crippen LogP contribution in [0, 0.1) is 13.8 Å². The third-order valence-corrected chi connectivity index (χ3v) is 3.45. The maximum Gasteiger partial charge on any atom is 0.187 e. The quantitative estimate of drug-likeness (QED) is 0.629. The van der Waals surface area contributed by atoms with E-state index in [1.54, 1.807) is 6.20 Å². The van der Waals surface area contributed by atoms with Crippen LogP contribution in [0.4, 0.5) is 5.69 Å². The molecule has 0 aliphatic heterocycles. The first-order valence-corrected chi connectivity index (χ1v) is 7.38. The summed E-state index contributed by atoms with van der Waals surface area (Å²) in [5, 5.41) is 3.10. The van der Waals surface area contributed by atoms with Crippen molar-refractivity contribution in [3.8, 4) is 5.75 Å². The minimum Gasteiger partial charge on any atom is -0.492 e. The third kappa shape index (κ3) is 3.98. The van der Waals surface area contributed by atoms with Crippen LogP contribution in [0.25, 0.3) is 0 Å². The Balaban J connectivity index is 2.06. The molecule has 0 aliphatic rings. The second-order valence-corrected chi connectivity index (χ2v) is 5.07. The van der Waals surface area contributed by atoms with E-state index in [9.17, 15) is 4.79 Å². The molecular formula is C19H21NO2. The minimum absolute atomic E-state index is 0.0236. The van der Waals surface area contributed by atoms with Gasteiger partial charge >= 0.3 is 0 Å². The molecule has 3 nitrogen and oxygen atoms in total. The van der Waals surface area contributed by atoms with Gasteiger partial charge in [0.05, 0.1) is 12.3 Å². The number of para-hydroxylation sites is 2. The number of hydrogen-bond donors (Lipinski definition) is 1. The first-order valence-electron chi connectivity index (χ1n) is 7.38. The summed E-state index contributed by atoms with van der Waals surface area (Å²) in [6.07, 6.45) is 3.18.